The molecule has 0 aromatic heterocycles. The maximum Gasteiger partial charge on any atom is 0.325 e. The summed E-state index contributed by atoms with van der Waals surface area (Å²) in [6.45, 7) is 2.55. The van der Waals surface area contributed by atoms with Gasteiger partial charge < -0.3 is 16.0 Å². The van der Waals surface area contributed by atoms with Crippen LogP contribution in [0.4, 0.5) is 4.79 Å². The van der Waals surface area contributed by atoms with Crippen LogP contribution in [0.2, 0.25) is 0 Å². The number of Topliss-reactive ketones (excluding diaryl/α,β-unsaturated/α-hetero) is 2. The highest BCUT2D eigenvalue weighted by Gasteiger charge is 2.39. The van der Waals surface area contributed by atoms with Crippen molar-refractivity contribution in [2.75, 3.05) is 0 Å². The lowest BCUT2D eigenvalue weighted by Gasteiger charge is -2.36. The van der Waals surface area contributed by atoms with Gasteiger partial charge in [-0.15, -0.1) is 0 Å². The molecule has 1 saturated heterocycles. The second kappa shape index (κ2) is 7.89. The summed E-state index contributed by atoms with van der Waals surface area (Å²) in [4.78, 5) is 69.6. The average molecular weight is 364 g/mol. The number of fused-ring (bicyclic) bond motifs is 1. The Balaban J connectivity index is 2.22. The standard InChI is InChI=1S/C16H20N4O6/c1-7(21)3-12(23)17-9-5-10-14(19-16(26)20-15(10)25)11(6-9)18-13(24)4-8(2)22/h9-10H,3-6H2,1-2H3,(H,17,23)(H,18,24)(H2,19,20,25,26). The van der Waals surface area contributed by atoms with E-state index in [1.807, 2.05) is 0 Å². The summed E-state index contributed by atoms with van der Waals surface area (Å²) in [6.07, 6.45) is -0.278. The summed E-state index contributed by atoms with van der Waals surface area (Å²) in [5.41, 5.74) is 0.525. The number of hydrogen-bond acceptors (Lipinski definition) is 6. The molecule has 0 spiro atoms. The SMILES string of the molecule is CC(=O)CC(=O)NC1=C2NC(=O)NC(=O)C2CC(NC(=O)CC(C)=O)C1. The minimum atomic E-state index is -0.767. The van der Waals surface area contributed by atoms with Crippen molar-refractivity contribution in [2.45, 2.75) is 45.6 Å². The number of nitrogens with one attached hydrogen (secondary N) is 4. The van der Waals surface area contributed by atoms with Crippen molar-refractivity contribution in [3.05, 3.63) is 11.4 Å². The Kier molecular flexibility index (Phi) is 5.86. The number of carbonyl (C=O) groups is 6. The highest BCUT2D eigenvalue weighted by molar-refractivity contribution is 6.02. The summed E-state index contributed by atoms with van der Waals surface area (Å²) in [5.74, 6) is -3.01. The second-order valence-electron chi connectivity index (χ2n) is 6.40. The molecule has 10 nitrogen and oxygen atoms in total. The van der Waals surface area contributed by atoms with E-state index < -0.39 is 35.7 Å². The molecule has 0 aromatic rings. The zero-order valence-electron chi connectivity index (χ0n) is 14.4. The van der Waals surface area contributed by atoms with E-state index in [1.54, 1.807) is 0 Å². The minimum absolute atomic E-state index is 0.146. The van der Waals surface area contributed by atoms with E-state index in [2.05, 4.69) is 21.3 Å². The van der Waals surface area contributed by atoms with Crippen LogP contribution in [0.5, 0.6) is 0 Å². The van der Waals surface area contributed by atoms with Crippen LogP contribution >= 0.6 is 0 Å². The molecule has 2 atom stereocenters. The average Bonchev–Trinajstić information content (AvgIpc) is 2.46. The molecule has 0 aromatic carbocycles. The van der Waals surface area contributed by atoms with Gasteiger partial charge in [0.05, 0.1) is 24.5 Å². The Morgan fingerprint density at radius 2 is 1.62 bits per heavy atom. The lowest BCUT2D eigenvalue weighted by molar-refractivity contribution is -0.129. The predicted octanol–water partition coefficient (Wildman–Crippen LogP) is -0.993. The second-order valence-corrected chi connectivity index (χ2v) is 6.40. The van der Waals surface area contributed by atoms with E-state index >= 15 is 0 Å². The maximum absolute atomic E-state index is 12.1. The molecule has 2 aliphatic rings. The highest BCUT2D eigenvalue weighted by atomic mass is 16.2. The van der Waals surface area contributed by atoms with E-state index in [4.69, 9.17) is 0 Å². The van der Waals surface area contributed by atoms with Crippen LogP contribution in [0.15, 0.2) is 11.4 Å². The topological polar surface area (TPSA) is 151 Å². The van der Waals surface area contributed by atoms with Gasteiger partial charge in [-0.3, -0.25) is 29.3 Å². The molecule has 1 aliphatic heterocycles. The van der Waals surface area contributed by atoms with Crippen molar-refractivity contribution in [3.63, 3.8) is 0 Å². The van der Waals surface area contributed by atoms with Gasteiger partial charge in [0, 0.05) is 18.2 Å². The number of ketones is 2. The molecule has 26 heavy (non-hydrogen) atoms. The van der Waals surface area contributed by atoms with E-state index in [9.17, 15) is 28.8 Å². The first-order chi connectivity index (χ1) is 12.2. The third-order valence-corrected chi connectivity index (χ3v) is 3.92. The summed E-state index contributed by atoms with van der Waals surface area (Å²) < 4.78 is 0. The fourth-order valence-corrected chi connectivity index (χ4v) is 2.98. The predicted molar refractivity (Wildman–Crippen MR) is 87.1 cm³/mol. The highest BCUT2D eigenvalue weighted by Crippen LogP contribution is 2.29. The van der Waals surface area contributed by atoms with Crippen molar-refractivity contribution in [1.29, 1.82) is 0 Å². The van der Waals surface area contributed by atoms with E-state index in [0.29, 0.717) is 0 Å². The van der Waals surface area contributed by atoms with Crippen LogP contribution in [0.3, 0.4) is 0 Å². The molecule has 10 heteroatoms. The first-order valence-corrected chi connectivity index (χ1v) is 8.08. The van der Waals surface area contributed by atoms with E-state index in [-0.39, 0.29) is 48.6 Å². The van der Waals surface area contributed by atoms with Crippen LogP contribution < -0.4 is 21.3 Å². The maximum atomic E-state index is 12.1. The van der Waals surface area contributed by atoms with Crippen LogP contribution in [-0.2, 0) is 24.0 Å². The Bertz CT molecular complexity index is 726. The monoisotopic (exact) mass is 364 g/mol. The molecule has 0 bridgehead atoms. The fraction of sp³-hybridized carbons (Fsp3) is 0.500. The van der Waals surface area contributed by atoms with Crippen molar-refractivity contribution in [1.82, 2.24) is 21.3 Å². The third-order valence-electron chi connectivity index (χ3n) is 3.92. The van der Waals surface area contributed by atoms with Gasteiger partial charge in [0.15, 0.2) is 0 Å². The van der Waals surface area contributed by atoms with Crippen molar-refractivity contribution < 1.29 is 28.8 Å². The number of carbonyl (C=O) groups excluding carboxylic acids is 6. The molecule has 0 radical (unpaired) electrons. The summed E-state index contributed by atoms with van der Waals surface area (Å²) >= 11 is 0. The zero-order valence-corrected chi connectivity index (χ0v) is 14.4. The molecule has 1 aliphatic carbocycles. The van der Waals surface area contributed by atoms with Gasteiger partial charge in [-0.05, 0) is 20.3 Å². The quantitative estimate of drug-likeness (QED) is 0.444. The van der Waals surface area contributed by atoms with Crippen LogP contribution in [-0.4, -0.2) is 41.4 Å². The Labute approximate surface area is 149 Å². The molecule has 1 heterocycles. The number of hydrogen-bond donors (Lipinski definition) is 4. The van der Waals surface area contributed by atoms with Crippen LogP contribution in [0.1, 0.15) is 39.5 Å². The van der Waals surface area contributed by atoms with Gasteiger partial charge in [-0.1, -0.05) is 0 Å². The smallest absolute Gasteiger partial charge is 0.325 e. The van der Waals surface area contributed by atoms with Crippen LogP contribution in [0.25, 0.3) is 0 Å². The van der Waals surface area contributed by atoms with E-state index in [1.165, 1.54) is 13.8 Å². The zero-order chi connectivity index (χ0) is 19.4. The largest absolute Gasteiger partial charge is 0.353 e. The molecule has 4 N–H and O–H groups in total. The Morgan fingerprint density at radius 1 is 1.00 bits per heavy atom. The number of imide groups is 1. The molecule has 5 amide bonds. The Hall–Kier alpha value is -3.04. The lowest BCUT2D eigenvalue weighted by Crippen LogP contribution is -2.56. The molecule has 2 unspecified atom stereocenters. The van der Waals surface area contributed by atoms with Gasteiger partial charge in [0.1, 0.15) is 11.6 Å². The first kappa shape index (κ1) is 19.3. The van der Waals surface area contributed by atoms with Gasteiger partial charge in [-0.2, -0.15) is 0 Å². The van der Waals surface area contributed by atoms with Gasteiger partial charge in [0.25, 0.3) is 0 Å². The lowest BCUT2D eigenvalue weighted by atomic mass is 9.84. The number of urea groups is 1. The van der Waals surface area contributed by atoms with Gasteiger partial charge >= 0.3 is 6.03 Å². The van der Waals surface area contributed by atoms with Gasteiger partial charge in [0.2, 0.25) is 17.7 Å². The molecule has 140 valence electrons. The van der Waals surface area contributed by atoms with Crippen LogP contribution in [0, 0.1) is 5.92 Å². The van der Waals surface area contributed by atoms with E-state index in [0.717, 1.165) is 0 Å². The van der Waals surface area contributed by atoms with Crippen molar-refractivity contribution in [2.24, 2.45) is 5.92 Å². The molecular formula is C16H20N4O6. The first-order valence-electron chi connectivity index (χ1n) is 8.08. The normalized spacial score (nSPS) is 21.9. The third kappa shape index (κ3) is 4.98. The summed E-state index contributed by atoms with van der Waals surface area (Å²) in [5, 5.41) is 9.84. The molecule has 2 rings (SSSR count). The Morgan fingerprint density at radius 3 is 2.23 bits per heavy atom. The van der Waals surface area contributed by atoms with Gasteiger partial charge in [-0.25, -0.2) is 4.79 Å². The van der Waals surface area contributed by atoms with Crippen molar-refractivity contribution >= 4 is 35.3 Å². The summed E-state index contributed by atoms with van der Waals surface area (Å²) in [7, 11) is 0. The number of amides is 5. The number of rotatable bonds is 6. The molecule has 0 saturated carbocycles. The minimum Gasteiger partial charge on any atom is -0.353 e. The molecule has 1 fully saturated rings. The van der Waals surface area contributed by atoms with Crippen molar-refractivity contribution in [3.8, 4) is 0 Å². The molecular weight excluding hydrogens is 344 g/mol. The summed E-state index contributed by atoms with van der Waals surface area (Å²) in [6, 6.07) is -1.22. The fourth-order valence-electron chi connectivity index (χ4n) is 2.98.